The van der Waals surface area contributed by atoms with Crippen LogP contribution >= 0.6 is 33.9 Å². The maximum atomic E-state index is 13.4. The molecule has 0 unspecified atom stereocenters. The van der Waals surface area contributed by atoms with E-state index < -0.39 is 0 Å². The lowest BCUT2D eigenvalue weighted by Gasteiger charge is -2.13. The van der Waals surface area contributed by atoms with Crippen molar-refractivity contribution >= 4 is 50.8 Å². The van der Waals surface area contributed by atoms with Crippen molar-refractivity contribution in [1.29, 1.82) is 0 Å². The van der Waals surface area contributed by atoms with Crippen LogP contribution in [-0.2, 0) is 4.74 Å². The largest absolute Gasteiger partial charge is 0.462 e. The van der Waals surface area contributed by atoms with Gasteiger partial charge in [-0.15, -0.1) is 11.3 Å². The van der Waals surface area contributed by atoms with E-state index in [0.29, 0.717) is 34.6 Å². The smallest absolute Gasteiger partial charge is 0.338 e. The van der Waals surface area contributed by atoms with E-state index in [9.17, 15) is 9.59 Å². The molecule has 0 fully saturated rings. The first kappa shape index (κ1) is 18.8. The minimum Gasteiger partial charge on any atom is -0.462 e. The van der Waals surface area contributed by atoms with Crippen LogP contribution in [0.4, 0.5) is 0 Å². The van der Waals surface area contributed by atoms with Crippen LogP contribution in [0.5, 0.6) is 0 Å². The number of carbonyl (C=O) groups excluding carboxylic acids is 1. The Hall–Kier alpha value is -2.52. The summed E-state index contributed by atoms with van der Waals surface area (Å²) in [5.41, 5.74) is 1.61. The second-order valence-corrected chi connectivity index (χ2v) is 8.18. The minimum absolute atomic E-state index is 0.143. The fourth-order valence-corrected chi connectivity index (χ4v) is 4.12. The highest BCUT2D eigenvalue weighted by Gasteiger charge is 2.16. The maximum Gasteiger partial charge on any atom is 0.338 e. The average molecular weight is 502 g/mol. The number of rotatable bonds is 4. The molecule has 0 saturated heterocycles. The lowest BCUT2D eigenvalue weighted by molar-refractivity contribution is 0.0526. The van der Waals surface area contributed by atoms with Crippen LogP contribution in [0.2, 0.25) is 0 Å². The normalized spacial score (nSPS) is 10.9. The van der Waals surface area contributed by atoms with Crippen molar-refractivity contribution in [3.63, 3.8) is 0 Å². The molecule has 0 amide bonds. The third-order valence-corrected chi connectivity index (χ3v) is 5.75. The lowest BCUT2D eigenvalue weighted by Crippen LogP contribution is -2.22. The fraction of sp³-hybridized carbons (Fsp3) is 0.0952. The zero-order valence-corrected chi connectivity index (χ0v) is 17.9. The molecule has 0 saturated carbocycles. The van der Waals surface area contributed by atoms with Gasteiger partial charge in [0.25, 0.3) is 5.56 Å². The molecule has 2 aromatic heterocycles. The molecule has 2 aromatic carbocycles. The first-order valence-electron chi connectivity index (χ1n) is 8.62. The van der Waals surface area contributed by atoms with Gasteiger partial charge < -0.3 is 4.74 Å². The fourth-order valence-electron chi connectivity index (χ4n) is 2.93. The van der Waals surface area contributed by atoms with Gasteiger partial charge in [-0.05, 0) is 83.4 Å². The first-order valence-corrected chi connectivity index (χ1v) is 10.6. The van der Waals surface area contributed by atoms with Crippen LogP contribution in [0.25, 0.3) is 27.3 Å². The third-order valence-electron chi connectivity index (χ3n) is 4.21. The standard InChI is InChI=1S/C21H15IN2O3S/c1-2-27-21(26)13-5-8-15(9-6-13)24-19(18-4-3-11-28-18)23-17-10-7-14(22)12-16(17)20(24)25/h3-12H,2H2,1H3. The van der Waals surface area contributed by atoms with Crippen molar-refractivity contribution < 1.29 is 9.53 Å². The van der Waals surface area contributed by atoms with Gasteiger partial charge in [-0.3, -0.25) is 9.36 Å². The first-order chi connectivity index (χ1) is 13.6. The van der Waals surface area contributed by atoms with Crippen molar-refractivity contribution in [3.8, 4) is 16.4 Å². The molecule has 2 heterocycles. The number of fused-ring (bicyclic) bond motifs is 1. The van der Waals surface area contributed by atoms with Crippen molar-refractivity contribution in [2.24, 2.45) is 0 Å². The van der Waals surface area contributed by atoms with E-state index in [2.05, 4.69) is 22.6 Å². The van der Waals surface area contributed by atoms with Gasteiger partial charge >= 0.3 is 5.97 Å². The van der Waals surface area contributed by atoms with Crippen LogP contribution in [0.15, 0.2) is 64.8 Å². The summed E-state index contributed by atoms with van der Waals surface area (Å²) in [7, 11) is 0. The van der Waals surface area contributed by atoms with E-state index in [-0.39, 0.29) is 11.5 Å². The number of carbonyl (C=O) groups is 1. The maximum absolute atomic E-state index is 13.4. The number of ether oxygens (including phenoxy) is 1. The molecular formula is C21H15IN2O3S. The van der Waals surface area contributed by atoms with Crippen LogP contribution in [0.3, 0.4) is 0 Å². The Morgan fingerprint density at radius 3 is 2.64 bits per heavy atom. The summed E-state index contributed by atoms with van der Waals surface area (Å²) in [5, 5.41) is 2.51. The number of hydrogen-bond donors (Lipinski definition) is 0. The Bertz CT molecular complexity index is 1220. The number of nitrogens with zero attached hydrogens (tertiary/aromatic N) is 2. The molecule has 4 aromatic rings. The molecule has 28 heavy (non-hydrogen) atoms. The van der Waals surface area contributed by atoms with E-state index in [4.69, 9.17) is 9.72 Å². The number of hydrogen-bond acceptors (Lipinski definition) is 5. The van der Waals surface area contributed by atoms with Gasteiger partial charge in [0.1, 0.15) is 0 Å². The summed E-state index contributed by atoms with van der Waals surface area (Å²) in [6, 6.07) is 16.3. The average Bonchev–Trinajstić information content (AvgIpc) is 3.23. The quantitative estimate of drug-likeness (QED) is 0.295. The molecular weight excluding hydrogens is 487 g/mol. The van der Waals surface area contributed by atoms with Gasteiger partial charge in [0.15, 0.2) is 5.82 Å². The van der Waals surface area contributed by atoms with E-state index in [1.165, 1.54) is 11.3 Å². The molecule has 7 heteroatoms. The summed E-state index contributed by atoms with van der Waals surface area (Å²) >= 11 is 3.71. The molecule has 0 radical (unpaired) electrons. The van der Waals surface area contributed by atoms with Gasteiger partial charge in [-0.1, -0.05) is 6.07 Å². The third kappa shape index (κ3) is 3.47. The Morgan fingerprint density at radius 2 is 1.96 bits per heavy atom. The summed E-state index contributed by atoms with van der Waals surface area (Å²) in [6.45, 7) is 2.08. The van der Waals surface area contributed by atoms with E-state index in [1.54, 1.807) is 35.8 Å². The Balaban J connectivity index is 1.94. The monoisotopic (exact) mass is 502 g/mol. The Morgan fingerprint density at radius 1 is 1.18 bits per heavy atom. The predicted octanol–water partition coefficient (Wildman–Crippen LogP) is 4.90. The van der Waals surface area contributed by atoms with Crippen molar-refractivity contribution in [2.75, 3.05) is 6.61 Å². The summed E-state index contributed by atoms with van der Waals surface area (Å²) in [5.74, 6) is 0.198. The molecule has 0 N–H and O–H groups in total. The highest BCUT2D eigenvalue weighted by molar-refractivity contribution is 14.1. The van der Waals surface area contributed by atoms with Crippen LogP contribution < -0.4 is 5.56 Å². The Labute approximate surface area is 178 Å². The molecule has 0 aliphatic heterocycles. The predicted molar refractivity (Wildman–Crippen MR) is 119 cm³/mol. The van der Waals surface area contributed by atoms with Crippen molar-refractivity contribution in [2.45, 2.75) is 6.92 Å². The molecule has 5 nitrogen and oxygen atoms in total. The number of aromatic nitrogens is 2. The molecule has 0 atom stereocenters. The van der Waals surface area contributed by atoms with Crippen molar-refractivity contribution in [3.05, 3.63) is 79.5 Å². The zero-order valence-electron chi connectivity index (χ0n) is 14.9. The lowest BCUT2D eigenvalue weighted by atomic mass is 10.2. The van der Waals surface area contributed by atoms with Gasteiger partial charge in [-0.25, -0.2) is 9.78 Å². The van der Waals surface area contributed by atoms with E-state index in [0.717, 1.165) is 8.45 Å². The van der Waals surface area contributed by atoms with E-state index >= 15 is 0 Å². The topological polar surface area (TPSA) is 61.2 Å². The second kappa shape index (κ2) is 7.84. The van der Waals surface area contributed by atoms with Crippen LogP contribution in [0, 0.1) is 3.57 Å². The second-order valence-electron chi connectivity index (χ2n) is 5.98. The number of benzene rings is 2. The van der Waals surface area contributed by atoms with Gasteiger partial charge in [-0.2, -0.15) is 0 Å². The molecule has 0 bridgehead atoms. The molecule has 0 spiro atoms. The Kier molecular flexibility index (Phi) is 5.27. The summed E-state index contributed by atoms with van der Waals surface area (Å²) in [6.07, 6.45) is 0. The van der Waals surface area contributed by atoms with Crippen LogP contribution in [0.1, 0.15) is 17.3 Å². The SMILES string of the molecule is CCOC(=O)c1ccc(-n2c(-c3cccs3)nc3ccc(I)cc3c2=O)cc1. The highest BCUT2D eigenvalue weighted by Crippen LogP contribution is 2.26. The molecule has 0 aliphatic carbocycles. The van der Waals surface area contributed by atoms with E-state index in [1.807, 2.05) is 35.7 Å². The minimum atomic E-state index is -0.383. The zero-order chi connectivity index (χ0) is 19.7. The van der Waals surface area contributed by atoms with Crippen molar-refractivity contribution in [1.82, 2.24) is 9.55 Å². The van der Waals surface area contributed by atoms with Gasteiger partial charge in [0.2, 0.25) is 0 Å². The number of esters is 1. The molecule has 140 valence electrons. The van der Waals surface area contributed by atoms with Gasteiger partial charge in [0, 0.05) is 3.57 Å². The molecule has 0 aliphatic rings. The molecule has 4 rings (SSSR count). The number of thiophene rings is 1. The highest BCUT2D eigenvalue weighted by atomic mass is 127. The number of halogens is 1. The van der Waals surface area contributed by atoms with Gasteiger partial charge in [0.05, 0.1) is 33.6 Å². The summed E-state index contributed by atoms with van der Waals surface area (Å²) in [4.78, 5) is 30.9. The summed E-state index contributed by atoms with van der Waals surface area (Å²) < 4.78 is 7.60. The van der Waals surface area contributed by atoms with Crippen LogP contribution in [-0.4, -0.2) is 22.1 Å².